The quantitative estimate of drug-likeness (QED) is 0.384. The Labute approximate surface area is 146 Å². The lowest BCUT2D eigenvalue weighted by Gasteiger charge is -2.32. The van der Waals surface area contributed by atoms with E-state index in [1.807, 2.05) is 13.0 Å². The molecule has 0 amide bonds. The zero-order valence-electron chi connectivity index (χ0n) is 14.9. The summed E-state index contributed by atoms with van der Waals surface area (Å²) in [6.45, 7) is 6.70. The minimum Gasteiger partial charge on any atom is -0.459 e. The van der Waals surface area contributed by atoms with Crippen molar-refractivity contribution in [2.45, 2.75) is 63.1 Å². The summed E-state index contributed by atoms with van der Waals surface area (Å²) in [7, 11) is 0. The van der Waals surface area contributed by atoms with Gasteiger partial charge in [-0.1, -0.05) is 13.0 Å². The Morgan fingerprint density at radius 1 is 1.28 bits per heavy atom. The first-order chi connectivity index (χ1) is 11.8. The Hall–Kier alpha value is -1.44. The van der Waals surface area contributed by atoms with Crippen LogP contribution in [0.3, 0.4) is 0 Å². The van der Waals surface area contributed by atoms with E-state index >= 15 is 0 Å². The molecular weight excluding hydrogens is 326 g/mol. The van der Waals surface area contributed by atoms with Crippen LogP contribution in [-0.4, -0.2) is 71.1 Å². The van der Waals surface area contributed by atoms with Crippen molar-refractivity contribution in [1.82, 2.24) is 4.90 Å². The van der Waals surface area contributed by atoms with Crippen LogP contribution in [0.15, 0.2) is 11.6 Å². The molecule has 4 aliphatic rings. The third-order valence-electron chi connectivity index (χ3n) is 6.36. The molecule has 0 radical (unpaired) electrons. The van der Waals surface area contributed by atoms with Crippen LogP contribution in [0.2, 0.25) is 0 Å². The summed E-state index contributed by atoms with van der Waals surface area (Å²) in [5, 5.41) is 10.7. The van der Waals surface area contributed by atoms with Crippen LogP contribution in [0.25, 0.3) is 0 Å². The minimum atomic E-state index is -1.69. The van der Waals surface area contributed by atoms with Crippen LogP contribution in [0.1, 0.15) is 33.6 Å². The zero-order valence-corrected chi connectivity index (χ0v) is 14.9. The number of cyclic esters (lactones) is 1. The summed E-state index contributed by atoms with van der Waals surface area (Å²) in [5.41, 5.74) is -1.82. The van der Waals surface area contributed by atoms with Crippen LogP contribution < -0.4 is 0 Å². The van der Waals surface area contributed by atoms with Gasteiger partial charge < -0.3 is 19.3 Å². The molecule has 0 saturated carbocycles. The van der Waals surface area contributed by atoms with Gasteiger partial charge in [0.2, 0.25) is 0 Å². The van der Waals surface area contributed by atoms with Gasteiger partial charge in [0.25, 0.3) is 0 Å². The molecule has 3 fully saturated rings. The summed E-state index contributed by atoms with van der Waals surface area (Å²) >= 11 is 0. The Bertz CT molecular complexity index is 643. The number of ether oxygens (including phenoxy) is 3. The number of hydrogen-bond acceptors (Lipinski definition) is 7. The smallest absolute Gasteiger partial charge is 0.341 e. The van der Waals surface area contributed by atoms with Gasteiger partial charge in [0.05, 0.1) is 12.1 Å². The molecule has 0 aromatic heterocycles. The molecule has 6 unspecified atom stereocenters. The van der Waals surface area contributed by atoms with Gasteiger partial charge in [-0.05, 0) is 38.2 Å². The largest absolute Gasteiger partial charge is 0.459 e. The fraction of sp³-hybridized carbons (Fsp3) is 0.778. The molecule has 4 heterocycles. The van der Waals surface area contributed by atoms with E-state index in [0.717, 1.165) is 25.1 Å². The second-order valence-corrected chi connectivity index (χ2v) is 7.93. The second kappa shape index (κ2) is 5.53. The van der Waals surface area contributed by atoms with Crippen LogP contribution in [0.5, 0.6) is 0 Å². The molecule has 3 saturated heterocycles. The third-order valence-corrected chi connectivity index (χ3v) is 6.36. The normalized spacial score (nSPS) is 47.4. The predicted octanol–water partition coefficient (Wildman–Crippen LogP) is 0.404. The van der Waals surface area contributed by atoms with E-state index in [-0.39, 0.29) is 37.2 Å². The number of epoxide rings is 1. The van der Waals surface area contributed by atoms with E-state index in [2.05, 4.69) is 4.90 Å². The van der Waals surface area contributed by atoms with E-state index in [1.165, 1.54) is 6.92 Å². The Kier molecular flexibility index (Phi) is 3.76. The number of esters is 2. The summed E-state index contributed by atoms with van der Waals surface area (Å²) in [5.74, 6) is -1.55. The molecule has 7 nitrogen and oxygen atoms in total. The van der Waals surface area contributed by atoms with Gasteiger partial charge >= 0.3 is 11.9 Å². The molecule has 0 bridgehead atoms. The molecule has 0 aliphatic carbocycles. The van der Waals surface area contributed by atoms with Crippen molar-refractivity contribution < 1.29 is 28.9 Å². The van der Waals surface area contributed by atoms with E-state index in [4.69, 9.17) is 14.2 Å². The maximum absolute atomic E-state index is 12.9. The van der Waals surface area contributed by atoms with E-state index in [1.54, 1.807) is 6.92 Å². The topological polar surface area (TPSA) is 88.6 Å². The molecule has 25 heavy (non-hydrogen) atoms. The number of hydrogen-bond donors (Lipinski definition) is 1. The fourth-order valence-electron chi connectivity index (χ4n) is 4.31. The highest BCUT2D eigenvalue weighted by Crippen LogP contribution is 2.46. The summed E-state index contributed by atoms with van der Waals surface area (Å²) < 4.78 is 16.9. The van der Waals surface area contributed by atoms with Crippen LogP contribution in [0, 0.1) is 5.92 Å². The molecule has 7 heteroatoms. The molecule has 1 N–H and O–H groups in total. The first-order valence-corrected chi connectivity index (χ1v) is 8.97. The fourth-order valence-corrected chi connectivity index (χ4v) is 4.31. The first kappa shape index (κ1) is 17.0. The number of rotatable bonds is 0. The molecule has 0 aromatic rings. The van der Waals surface area contributed by atoms with Gasteiger partial charge in [-0.3, -0.25) is 4.90 Å². The summed E-state index contributed by atoms with van der Waals surface area (Å²) in [4.78, 5) is 27.5. The molecule has 4 rings (SSSR count). The maximum Gasteiger partial charge on any atom is 0.341 e. The van der Waals surface area contributed by atoms with Crippen molar-refractivity contribution >= 4 is 11.9 Å². The van der Waals surface area contributed by atoms with Crippen molar-refractivity contribution in [2.75, 3.05) is 19.7 Å². The lowest BCUT2D eigenvalue weighted by Crippen LogP contribution is -2.48. The lowest BCUT2D eigenvalue weighted by molar-refractivity contribution is -0.172. The predicted molar refractivity (Wildman–Crippen MR) is 86.6 cm³/mol. The third kappa shape index (κ3) is 2.52. The number of nitrogens with zero attached hydrogens (tertiary/aromatic N) is 1. The average Bonchev–Trinajstić information content (AvgIpc) is 2.91. The van der Waals surface area contributed by atoms with Crippen molar-refractivity contribution in [3.05, 3.63) is 11.6 Å². The molecule has 4 aliphatic heterocycles. The van der Waals surface area contributed by atoms with Crippen molar-refractivity contribution in [3.63, 3.8) is 0 Å². The van der Waals surface area contributed by atoms with E-state index in [0.29, 0.717) is 0 Å². The Balaban J connectivity index is 1.66. The highest BCUT2D eigenvalue weighted by atomic mass is 16.7. The van der Waals surface area contributed by atoms with Crippen molar-refractivity contribution in [1.29, 1.82) is 0 Å². The number of carbonyl (C=O) groups is 2. The number of carbonyl (C=O) groups excluding carboxylic acids is 2. The molecule has 1 spiro atoms. The Morgan fingerprint density at radius 2 is 2.00 bits per heavy atom. The van der Waals surface area contributed by atoms with Crippen molar-refractivity contribution in [3.8, 4) is 0 Å². The van der Waals surface area contributed by atoms with Gasteiger partial charge in [0.1, 0.15) is 12.7 Å². The van der Waals surface area contributed by atoms with Gasteiger partial charge in [-0.2, -0.15) is 0 Å². The van der Waals surface area contributed by atoms with Gasteiger partial charge in [-0.15, -0.1) is 0 Å². The number of aliphatic hydroxyl groups is 1. The zero-order chi connectivity index (χ0) is 18.0. The van der Waals surface area contributed by atoms with E-state index in [9.17, 15) is 14.7 Å². The van der Waals surface area contributed by atoms with Gasteiger partial charge in [-0.25, -0.2) is 9.59 Å². The maximum atomic E-state index is 12.9. The summed E-state index contributed by atoms with van der Waals surface area (Å²) in [6, 6.07) is -0.0512. The molecular formula is C18H25NO6. The Morgan fingerprint density at radius 3 is 2.68 bits per heavy atom. The highest BCUT2D eigenvalue weighted by Gasteiger charge is 2.64. The molecule has 6 atom stereocenters. The summed E-state index contributed by atoms with van der Waals surface area (Å²) in [6.07, 6.45) is 2.48. The van der Waals surface area contributed by atoms with Gasteiger partial charge in [0, 0.05) is 13.1 Å². The van der Waals surface area contributed by atoms with Crippen LogP contribution in [-0.2, 0) is 23.8 Å². The van der Waals surface area contributed by atoms with Crippen LogP contribution >= 0.6 is 0 Å². The molecule has 0 aromatic carbocycles. The highest BCUT2D eigenvalue weighted by molar-refractivity contribution is 5.84. The standard InChI is InChI=1S/C18H25NO6/c1-10-8-18(11(2)25-18)16(21)24-13-5-7-19-6-4-12(14(13)19)9-23-15(20)17(10,3)22/h4,10-11,13-14,22H,5-9H2,1-3H3. The molecule has 138 valence electrons. The van der Waals surface area contributed by atoms with Gasteiger partial charge in [0.15, 0.2) is 11.2 Å². The van der Waals surface area contributed by atoms with Crippen LogP contribution in [0.4, 0.5) is 0 Å². The lowest BCUT2D eigenvalue weighted by atomic mass is 9.82. The average molecular weight is 351 g/mol. The first-order valence-electron chi connectivity index (χ1n) is 8.97. The second-order valence-electron chi connectivity index (χ2n) is 7.93. The monoisotopic (exact) mass is 351 g/mol. The van der Waals surface area contributed by atoms with E-state index < -0.39 is 23.1 Å². The SMILES string of the molecule is CC1CC2(OC2C)C(=O)OC2CCN3CC=C(COC(=O)C1(C)O)C23. The van der Waals surface area contributed by atoms with Crippen molar-refractivity contribution in [2.24, 2.45) is 5.92 Å². The minimum absolute atomic E-state index is 0.0512.